The van der Waals surface area contributed by atoms with Crippen LogP contribution in [0.2, 0.25) is 0 Å². The number of aromatic nitrogens is 1. The summed E-state index contributed by atoms with van der Waals surface area (Å²) in [5.74, 6) is 0. The molecule has 2 N–H and O–H groups in total. The number of fused-ring (bicyclic) bond motifs is 1. The first-order chi connectivity index (χ1) is 6.20. The van der Waals surface area contributed by atoms with Crippen LogP contribution in [0.3, 0.4) is 0 Å². The summed E-state index contributed by atoms with van der Waals surface area (Å²) in [5, 5.41) is 1.18. The molecule has 0 saturated carbocycles. The highest BCUT2D eigenvalue weighted by atomic mass is 14.7. The number of nitrogen functional groups attached to an aromatic ring is 1. The smallest absolute Gasteiger partial charge is 0.0936 e. The molecule has 1 aromatic carbocycles. The Balaban J connectivity index is 3.00. The van der Waals surface area contributed by atoms with Gasteiger partial charge in [0.1, 0.15) is 0 Å². The molecule has 0 aliphatic rings. The Morgan fingerprint density at radius 3 is 2.46 bits per heavy atom. The lowest BCUT2D eigenvalue weighted by Gasteiger charge is -2.06. The number of rotatable bonds is 0. The largest absolute Gasteiger partial charge is 0.397 e. The van der Waals surface area contributed by atoms with Gasteiger partial charge in [-0.1, -0.05) is 6.07 Å². The molecule has 66 valence electrons. The van der Waals surface area contributed by atoms with Crippen LogP contribution in [0.15, 0.2) is 24.4 Å². The predicted octanol–water partition coefficient (Wildman–Crippen LogP) is 2.43. The highest BCUT2D eigenvalue weighted by molar-refractivity contribution is 5.93. The number of nitrogens with two attached hydrogens (primary N) is 1. The van der Waals surface area contributed by atoms with Gasteiger partial charge in [-0.15, -0.1) is 0 Å². The number of anilines is 1. The molecule has 0 spiro atoms. The van der Waals surface area contributed by atoms with Crippen molar-refractivity contribution in [1.29, 1.82) is 0 Å². The molecule has 0 aliphatic heterocycles. The minimum atomic E-state index is 0.754. The van der Waals surface area contributed by atoms with E-state index >= 15 is 0 Å². The molecule has 0 amide bonds. The third-order valence-corrected chi connectivity index (χ3v) is 2.34. The highest BCUT2D eigenvalue weighted by Gasteiger charge is 2.03. The van der Waals surface area contributed by atoms with E-state index in [1.165, 1.54) is 16.5 Å². The van der Waals surface area contributed by atoms with Gasteiger partial charge in [0.05, 0.1) is 11.2 Å². The fraction of sp³-hybridized carbons (Fsp3) is 0.182. The Hall–Kier alpha value is -1.57. The fourth-order valence-corrected chi connectivity index (χ4v) is 1.65. The van der Waals surface area contributed by atoms with Crippen LogP contribution >= 0.6 is 0 Å². The summed E-state index contributed by atoms with van der Waals surface area (Å²) < 4.78 is 0. The molecule has 0 atom stereocenters. The van der Waals surface area contributed by atoms with Gasteiger partial charge in [-0.3, -0.25) is 4.98 Å². The topological polar surface area (TPSA) is 38.9 Å². The van der Waals surface area contributed by atoms with Crippen LogP contribution in [0, 0.1) is 13.8 Å². The molecule has 0 bridgehead atoms. The molecular formula is C11H12N2. The van der Waals surface area contributed by atoms with Crippen LogP contribution in [0.4, 0.5) is 5.69 Å². The molecule has 0 radical (unpaired) electrons. The van der Waals surface area contributed by atoms with Crippen LogP contribution < -0.4 is 5.73 Å². The van der Waals surface area contributed by atoms with E-state index in [4.69, 9.17) is 5.73 Å². The van der Waals surface area contributed by atoms with Crippen molar-refractivity contribution in [2.24, 2.45) is 0 Å². The van der Waals surface area contributed by atoms with Gasteiger partial charge in [-0.25, -0.2) is 0 Å². The van der Waals surface area contributed by atoms with Crippen LogP contribution in [0.25, 0.3) is 10.9 Å². The van der Waals surface area contributed by atoms with E-state index in [0.29, 0.717) is 0 Å². The minimum absolute atomic E-state index is 0.754. The summed E-state index contributed by atoms with van der Waals surface area (Å²) in [6, 6.07) is 5.95. The average molecular weight is 172 g/mol. The zero-order valence-electron chi connectivity index (χ0n) is 7.83. The molecule has 2 aromatic rings. The maximum absolute atomic E-state index is 5.83. The lowest BCUT2D eigenvalue weighted by Crippen LogP contribution is -1.92. The first-order valence-electron chi connectivity index (χ1n) is 4.30. The van der Waals surface area contributed by atoms with Crippen LogP contribution in [0.1, 0.15) is 11.1 Å². The molecule has 13 heavy (non-hydrogen) atoms. The zero-order valence-corrected chi connectivity index (χ0v) is 7.83. The summed E-state index contributed by atoms with van der Waals surface area (Å²) in [6.45, 7) is 4.16. The zero-order chi connectivity index (χ0) is 9.42. The first-order valence-corrected chi connectivity index (χ1v) is 4.30. The van der Waals surface area contributed by atoms with Gasteiger partial charge >= 0.3 is 0 Å². The standard InChI is InChI=1S/C11H12N2/c1-7-3-4-9(12)11-10(7)8(2)5-6-13-11/h3-6H,12H2,1-2H3. The third-order valence-electron chi connectivity index (χ3n) is 2.34. The number of pyridine rings is 1. The quantitative estimate of drug-likeness (QED) is 0.620. The van der Waals surface area contributed by atoms with Crippen molar-refractivity contribution in [3.63, 3.8) is 0 Å². The van der Waals surface area contributed by atoms with Crippen molar-refractivity contribution in [1.82, 2.24) is 4.98 Å². The number of aryl methyl sites for hydroxylation is 2. The Morgan fingerprint density at radius 2 is 1.77 bits per heavy atom. The van der Waals surface area contributed by atoms with E-state index < -0.39 is 0 Å². The minimum Gasteiger partial charge on any atom is -0.397 e. The molecule has 1 heterocycles. The van der Waals surface area contributed by atoms with E-state index in [0.717, 1.165) is 11.2 Å². The number of benzene rings is 1. The summed E-state index contributed by atoms with van der Waals surface area (Å²) in [4.78, 5) is 4.28. The Morgan fingerprint density at radius 1 is 1.08 bits per heavy atom. The Labute approximate surface area is 77.4 Å². The first kappa shape index (κ1) is 8.05. The van der Waals surface area contributed by atoms with E-state index in [2.05, 4.69) is 18.8 Å². The van der Waals surface area contributed by atoms with E-state index in [1.807, 2.05) is 18.2 Å². The van der Waals surface area contributed by atoms with Gasteiger partial charge in [0.25, 0.3) is 0 Å². The second-order valence-electron chi connectivity index (χ2n) is 3.32. The van der Waals surface area contributed by atoms with Crippen molar-refractivity contribution in [3.8, 4) is 0 Å². The van der Waals surface area contributed by atoms with Crippen molar-refractivity contribution < 1.29 is 0 Å². The average Bonchev–Trinajstić information content (AvgIpc) is 2.12. The van der Waals surface area contributed by atoms with E-state index in [-0.39, 0.29) is 0 Å². The summed E-state index contributed by atoms with van der Waals surface area (Å²) in [7, 11) is 0. The van der Waals surface area contributed by atoms with Crippen LogP contribution in [-0.4, -0.2) is 4.98 Å². The third kappa shape index (κ3) is 1.15. The monoisotopic (exact) mass is 172 g/mol. The van der Waals surface area contributed by atoms with Crippen molar-refractivity contribution in [2.45, 2.75) is 13.8 Å². The summed E-state index contributed by atoms with van der Waals surface area (Å²) >= 11 is 0. The molecule has 2 nitrogen and oxygen atoms in total. The van der Waals surface area contributed by atoms with Crippen molar-refractivity contribution >= 4 is 16.6 Å². The van der Waals surface area contributed by atoms with E-state index in [9.17, 15) is 0 Å². The Kier molecular flexibility index (Phi) is 1.69. The summed E-state index contributed by atoms with van der Waals surface area (Å²) in [5.41, 5.74) is 9.96. The SMILES string of the molecule is Cc1ccnc2c(N)ccc(C)c12. The normalized spacial score (nSPS) is 10.6. The molecule has 0 unspecified atom stereocenters. The fourth-order valence-electron chi connectivity index (χ4n) is 1.65. The predicted molar refractivity (Wildman–Crippen MR) is 55.6 cm³/mol. The Bertz CT molecular complexity index is 453. The number of nitrogens with zero attached hydrogens (tertiary/aromatic N) is 1. The van der Waals surface area contributed by atoms with Gasteiger partial charge in [-0.2, -0.15) is 0 Å². The highest BCUT2D eigenvalue weighted by Crippen LogP contribution is 2.24. The molecular weight excluding hydrogens is 160 g/mol. The second kappa shape index (κ2) is 2.73. The second-order valence-corrected chi connectivity index (χ2v) is 3.32. The maximum Gasteiger partial charge on any atom is 0.0936 e. The van der Waals surface area contributed by atoms with Crippen molar-refractivity contribution in [3.05, 3.63) is 35.5 Å². The van der Waals surface area contributed by atoms with E-state index in [1.54, 1.807) is 6.20 Å². The van der Waals surface area contributed by atoms with Crippen molar-refractivity contribution in [2.75, 3.05) is 5.73 Å². The molecule has 0 saturated heterocycles. The van der Waals surface area contributed by atoms with Crippen LogP contribution in [0.5, 0.6) is 0 Å². The van der Waals surface area contributed by atoms with Gasteiger partial charge in [0.2, 0.25) is 0 Å². The van der Waals surface area contributed by atoms with Gasteiger partial charge in [0, 0.05) is 11.6 Å². The van der Waals surface area contributed by atoms with Gasteiger partial charge < -0.3 is 5.73 Å². The molecule has 1 aromatic heterocycles. The summed E-state index contributed by atoms with van der Waals surface area (Å²) in [6.07, 6.45) is 1.80. The molecule has 2 heteroatoms. The lowest BCUT2D eigenvalue weighted by atomic mass is 10.0. The molecule has 0 fully saturated rings. The lowest BCUT2D eigenvalue weighted by molar-refractivity contribution is 1.35. The maximum atomic E-state index is 5.83. The number of hydrogen-bond acceptors (Lipinski definition) is 2. The molecule has 2 rings (SSSR count). The molecule has 0 aliphatic carbocycles. The van der Waals surface area contributed by atoms with Crippen LogP contribution in [-0.2, 0) is 0 Å². The van der Waals surface area contributed by atoms with Gasteiger partial charge in [-0.05, 0) is 37.1 Å². The van der Waals surface area contributed by atoms with Gasteiger partial charge in [0.15, 0.2) is 0 Å². The number of hydrogen-bond donors (Lipinski definition) is 1.